The molecule has 0 radical (unpaired) electrons. The van der Waals surface area contributed by atoms with Crippen LogP contribution < -0.4 is 14.8 Å². The van der Waals surface area contributed by atoms with E-state index in [2.05, 4.69) is 19.2 Å². The summed E-state index contributed by atoms with van der Waals surface area (Å²) in [6, 6.07) is 18.2. The quantitative estimate of drug-likeness (QED) is 0.489. The van der Waals surface area contributed by atoms with Gasteiger partial charge in [0.2, 0.25) is 0 Å². The number of methoxy groups -OCH3 is 1. The summed E-state index contributed by atoms with van der Waals surface area (Å²) in [5, 5.41) is 4.73. The molecule has 0 atom stereocenters. The third kappa shape index (κ3) is 5.98. The minimum absolute atomic E-state index is 0.283. The van der Waals surface area contributed by atoms with Crippen LogP contribution in [0.1, 0.15) is 30.6 Å². The highest BCUT2D eigenvalue weighted by atomic mass is 16.5. The highest BCUT2D eigenvalue weighted by molar-refractivity contribution is 6.03. The zero-order chi connectivity index (χ0) is 22.2. The Hall–Kier alpha value is -3.54. The minimum atomic E-state index is -0.611. The summed E-state index contributed by atoms with van der Waals surface area (Å²) in [7, 11) is 1.51. The molecule has 6 heteroatoms. The molecule has 0 aromatic heterocycles. The zero-order valence-electron chi connectivity index (χ0n) is 18.0. The van der Waals surface area contributed by atoms with Gasteiger partial charge in [-0.3, -0.25) is 4.79 Å². The van der Waals surface area contributed by atoms with Crippen molar-refractivity contribution >= 4 is 28.3 Å². The highest BCUT2D eigenvalue weighted by Crippen LogP contribution is 2.29. The zero-order valence-corrected chi connectivity index (χ0v) is 18.0. The van der Waals surface area contributed by atoms with Crippen molar-refractivity contribution in [3.8, 4) is 11.5 Å². The second-order valence-corrected chi connectivity index (χ2v) is 7.55. The standard InChI is InChI=1S/C25H27NO5/c1-17(2)13-14-30-22-12-11-19(15-23(22)29-3)25(28)31-16-24(27)26-21-10-6-8-18-7-4-5-9-20(18)21/h4-12,15,17H,13-14,16H2,1-3H3,(H,26,27). The van der Waals surface area contributed by atoms with Gasteiger partial charge < -0.3 is 19.5 Å². The maximum Gasteiger partial charge on any atom is 0.338 e. The Morgan fingerprint density at radius 1 is 0.968 bits per heavy atom. The molecule has 1 N–H and O–H groups in total. The molecule has 3 rings (SSSR count). The fourth-order valence-corrected chi connectivity index (χ4v) is 3.05. The van der Waals surface area contributed by atoms with Crippen LogP contribution in [0, 0.1) is 5.92 Å². The Balaban J connectivity index is 1.59. The van der Waals surface area contributed by atoms with Crippen LogP contribution in [0.5, 0.6) is 11.5 Å². The number of nitrogens with one attached hydrogen (secondary N) is 1. The molecule has 0 aliphatic heterocycles. The third-order valence-electron chi connectivity index (χ3n) is 4.75. The molecule has 0 aliphatic carbocycles. The number of anilines is 1. The number of rotatable bonds is 9. The fraction of sp³-hybridized carbons (Fsp3) is 0.280. The van der Waals surface area contributed by atoms with E-state index in [1.165, 1.54) is 7.11 Å². The van der Waals surface area contributed by atoms with Crippen molar-refractivity contribution in [2.24, 2.45) is 5.92 Å². The molecule has 0 fully saturated rings. The average molecular weight is 421 g/mol. The Labute approximate surface area is 182 Å². The van der Waals surface area contributed by atoms with Gasteiger partial charge in [-0.05, 0) is 42.0 Å². The monoisotopic (exact) mass is 421 g/mol. The molecule has 0 saturated carbocycles. The molecule has 162 valence electrons. The van der Waals surface area contributed by atoms with Crippen molar-refractivity contribution < 1.29 is 23.8 Å². The van der Waals surface area contributed by atoms with E-state index >= 15 is 0 Å². The number of hydrogen-bond acceptors (Lipinski definition) is 5. The first kappa shape index (κ1) is 22.2. The normalized spacial score (nSPS) is 10.7. The molecule has 3 aromatic rings. The number of fused-ring (bicyclic) bond motifs is 1. The molecule has 0 heterocycles. The topological polar surface area (TPSA) is 73.9 Å². The maximum atomic E-state index is 12.4. The molecule has 0 unspecified atom stereocenters. The molecule has 0 spiro atoms. The van der Waals surface area contributed by atoms with Crippen LogP contribution in [0.15, 0.2) is 60.7 Å². The number of carbonyl (C=O) groups excluding carboxylic acids is 2. The van der Waals surface area contributed by atoms with E-state index in [1.807, 2.05) is 42.5 Å². The first-order chi connectivity index (χ1) is 15.0. The molecule has 1 amide bonds. The lowest BCUT2D eigenvalue weighted by Crippen LogP contribution is -2.21. The number of ether oxygens (including phenoxy) is 3. The molecule has 0 saturated heterocycles. The van der Waals surface area contributed by atoms with Crippen LogP contribution in [0.2, 0.25) is 0 Å². The van der Waals surface area contributed by atoms with Crippen molar-refractivity contribution in [3.63, 3.8) is 0 Å². The van der Waals surface area contributed by atoms with Crippen molar-refractivity contribution in [1.82, 2.24) is 0 Å². The van der Waals surface area contributed by atoms with Crippen molar-refractivity contribution in [1.29, 1.82) is 0 Å². The maximum absolute atomic E-state index is 12.4. The van der Waals surface area contributed by atoms with Crippen LogP contribution in [0.25, 0.3) is 10.8 Å². The number of amides is 1. The SMILES string of the molecule is COc1cc(C(=O)OCC(=O)Nc2cccc3ccccc23)ccc1OCCC(C)C. The largest absolute Gasteiger partial charge is 0.493 e. The van der Waals surface area contributed by atoms with E-state index in [-0.39, 0.29) is 5.56 Å². The second-order valence-electron chi connectivity index (χ2n) is 7.55. The van der Waals surface area contributed by atoms with E-state index in [0.717, 1.165) is 17.2 Å². The second kappa shape index (κ2) is 10.5. The van der Waals surface area contributed by atoms with Gasteiger partial charge in [0, 0.05) is 11.1 Å². The fourth-order valence-electron chi connectivity index (χ4n) is 3.05. The first-order valence-electron chi connectivity index (χ1n) is 10.2. The number of esters is 1. The smallest absolute Gasteiger partial charge is 0.338 e. The summed E-state index contributed by atoms with van der Waals surface area (Å²) >= 11 is 0. The predicted molar refractivity (Wildman–Crippen MR) is 121 cm³/mol. The van der Waals surface area contributed by atoms with Gasteiger partial charge in [-0.25, -0.2) is 4.79 Å². The van der Waals surface area contributed by atoms with Crippen LogP contribution in [0.4, 0.5) is 5.69 Å². The minimum Gasteiger partial charge on any atom is -0.493 e. The summed E-state index contributed by atoms with van der Waals surface area (Å²) in [5.41, 5.74) is 0.953. The lowest BCUT2D eigenvalue weighted by atomic mass is 10.1. The molecule has 0 aliphatic rings. The lowest BCUT2D eigenvalue weighted by molar-refractivity contribution is -0.119. The first-order valence-corrected chi connectivity index (χ1v) is 10.2. The molecule has 6 nitrogen and oxygen atoms in total. The van der Waals surface area contributed by atoms with Gasteiger partial charge >= 0.3 is 5.97 Å². The van der Waals surface area contributed by atoms with Gasteiger partial charge in [-0.15, -0.1) is 0 Å². The van der Waals surface area contributed by atoms with Crippen molar-refractivity contribution in [2.75, 3.05) is 25.6 Å². The van der Waals surface area contributed by atoms with Crippen LogP contribution in [0.3, 0.4) is 0 Å². The van der Waals surface area contributed by atoms with E-state index < -0.39 is 18.5 Å². The molecule has 0 bridgehead atoms. The van der Waals surface area contributed by atoms with E-state index in [9.17, 15) is 9.59 Å². The number of benzene rings is 3. The Bertz CT molecular complexity index is 1060. The number of carbonyl (C=O) groups is 2. The van der Waals surface area contributed by atoms with E-state index in [1.54, 1.807) is 18.2 Å². The Morgan fingerprint density at radius 3 is 2.52 bits per heavy atom. The van der Waals surface area contributed by atoms with Gasteiger partial charge in [0.1, 0.15) is 0 Å². The summed E-state index contributed by atoms with van der Waals surface area (Å²) in [6.07, 6.45) is 0.915. The van der Waals surface area contributed by atoms with Gasteiger partial charge in [-0.2, -0.15) is 0 Å². The van der Waals surface area contributed by atoms with Crippen molar-refractivity contribution in [2.45, 2.75) is 20.3 Å². The molecule has 31 heavy (non-hydrogen) atoms. The summed E-state index contributed by atoms with van der Waals surface area (Å²) in [5.74, 6) is 0.512. The molecular weight excluding hydrogens is 394 g/mol. The average Bonchev–Trinajstić information content (AvgIpc) is 2.77. The molecular formula is C25H27NO5. The van der Waals surface area contributed by atoms with Gasteiger partial charge in [0.15, 0.2) is 18.1 Å². The lowest BCUT2D eigenvalue weighted by Gasteiger charge is -2.13. The summed E-state index contributed by atoms with van der Waals surface area (Å²) < 4.78 is 16.2. The van der Waals surface area contributed by atoms with Crippen LogP contribution in [-0.2, 0) is 9.53 Å². The Morgan fingerprint density at radius 2 is 1.74 bits per heavy atom. The third-order valence-corrected chi connectivity index (χ3v) is 4.75. The highest BCUT2D eigenvalue weighted by Gasteiger charge is 2.15. The van der Waals surface area contributed by atoms with Crippen LogP contribution in [-0.4, -0.2) is 32.2 Å². The van der Waals surface area contributed by atoms with Gasteiger partial charge in [0.05, 0.1) is 19.3 Å². The van der Waals surface area contributed by atoms with Crippen LogP contribution >= 0.6 is 0 Å². The van der Waals surface area contributed by atoms with Gasteiger partial charge in [0.25, 0.3) is 5.91 Å². The number of hydrogen-bond donors (Lipinski definition) is 1. The van der Waals surface area contributed by atoms with E-state index in [0.29, 0.717) is 29.7 Å². The van der Waals surface area contributed by atoms with Gasteiger partial charge in [-0.1, -0.05) is 50.2 Å². The van der Waals surface area contributed by atoms with E-state index in [4.69, 9.17) is 14.2 Å². The predicted octanol–water partition coefficient (Wildman–Crippen LogP) is 5.07. The summed E-state index contributed by atoms with van der Waals surface area (Å²) in [4.78, 5) is 24.7. The van der Waals surface area contributed by atoms with Crippen molar-refractivity contribution in [3.05, 3.63) is 66.2 Å². The summed E-state index contributed by atoms with van der Waals surface area (Å²) in [6.45, 7) is 4.41. The Kier molecular flexibility index (Phi) is 7.49. The molecule has 3 aromatic carbocycles.